The minimum Gasteiger partial charge on any atom is -0.342 e. The Labute approximate surface area is 77.4 Å². The third kappa shape index (κ3) is 1.49. The van der Waals surface area contributed by atoms with Gasteiger partial charge in [0.2, 0.25) is 5.91 Å². The number of benzene rings is 1. The summed E-state index contributed by atoms with van der Waals surface area (Å²) in [6, 6.07) is 9.95. The lowest BCUT2D eigenvalue weighted by Crippen LogP contribution is -2.32. The van der Waals surface area contributed by atoms with Crippen LogP contribution in [0.4, 0.5) is 5.69 Å². The lowest BCUT2D eigenvalue weighted by Gasteiger charge is -2.21. The highest BCUT2D eigenvalue weighted by Crippen LogP contribution is 2.17. The summed E-state index contributed by atoms with van der Waals surface area (Å²) in [5.74, 6) is 0.0938. The smallest absolute Gasteiger partial charge is 0.241 e. The van der Waals surface area contributed by atoms with Gasteiger partial charge >= 0.3 is 0 Å². The topological polar surface area (TPSA) is 32.3 Å². The summed E-state index contributed by atoms with van der Waals surface area (Å²) in [5, 5.41) is 2.85. The van der Waals surface area contributed by atoms with Crippen LogP contribution in [0.15, 0.2) is 30.3 Å². The van der Waals surface area contributed by atoms with E-state index in [1.165, 1.54) is 0 Å². The molecule has 0 saturated carbocycles. The first kappa shape index (κ1) is 8.10. The van der Waals surface area contributed by atoms with Crippen molar-refractivity contribution in [1.29, 1.82) is 0 Å². The third-order valence-corrected chi connectivity index (χ3v) is 2.24. The molecule has 0 aromatic heterocycles. The molecule has 1 fully saturated rings. The van der Waals surface area contributed by atoms with E-state index in [-0.39, 0.29) is 12.1 Å². The third-order valence-electron chi connectivity index (χ3n) is 2.24. The Bertz CT molecular complexity index is 310. The maximum atomic E-state index is 11.1. The summed E-state index contributed by atoms with van der Waals surface area (Å²) in [4.78, 5) is 13.1. The molecule has 1 heterocycles. The Kier molecular flexibility index (Phi) is 1.93. The van der Waals surface area contributed by atoms with Gasteiger partial charge in [0.05, 0.1) is 12.7 Å². The molecule has 1 aliphatic rings. The largest absolute Gasteiger partial charge is 0.342 e. The maximum absolute atomic E-state index is 11.1. The first-order valence-corrected chi connectivity index (χ1v) is 4.38. The zero-order valence-corrected chi connectivity index (χ0v) is 7.53. The number of hydrogen-bond donors (Lipinski definition) is 1. The van der Waals surface area contributed by atoms with Crippen molar-refractivity contribution in [2.75, 3.05) is 11.4 Å². The molecule has 1 atom stereocenters. The van der Waals surface area contributed by atoms with E-state index in [1.807, 2.05) is 42.2 Å². The van der Waals surface area contributed by atoms with Gasteiger partial charge in [0.1, 0.15) is 0 Å². The Morgan fingerprint density at radius 1 is 1.38 bits per heavy atom. The second-order valence-electron chi connectivity index (χ2n) is 3.21. The first-order valence-electron chi connectivity index (χ1n) is 4.38. The molecule has 1 saturated heterocycles. The second-order valence-corrected chi connectivity index (χ2v) is 3.21. The normalized spacial score (nSPS) is 21.8. The Morgan fingerprint density at radius 2 is 2.08 bits per heavy atom. The van der Waals surface area contributed by atoms with Gasteiger partial charge in [-0.3, -0.25) is 4.79 Å². The highest BCUT2D eigenvalue weighted by molar-refractivity contribution is 5.85. The molecule has 0 radical (unpaired) electrons. The standard InChI is InChI=1S/C10H12N2O/c1-8-11-10(13)7-12(8)9-5-3-2-4-6-9/h2-6,8H,7H2,1H3,(H,11,13). The van der Waals surface area contributed by atoms with Crippen molar-refractivity contribution in [1.82, 2.24) is 5.32 Å². The SMILES string of the molecule is CC1NC(=O)CN1c1ccccc1. The average molecular weight is 176 g/mol. The van der Waals surface area contributed by atoms with Gasteiger partial charge in [0.15, 0.2) is 0 Å². The van der Waals surface area contributed by atoms with Crippen molar-refractivity contribution >= 4 is 11.6 Å². The summed E-state index contributed by atoms with van der Waals surface area (Å²) in [5.41, 5.74) is 1.09. The molecule has 1 aromatic carbocycles. The fraction of sp³-hybridized carbons (Fsp3) is 0.300. The molecule has 1 unspecified atom stereocenters. The quantitative estimate of drug-likeness (QED) is 0.691. The average Bonchev–Trinajstić information content (AvgIpc) is 2.47. The second kappa shape index (κ2) is 3.09. The number of hydrogen-bond acceptors (Lipinski definition) is 2. The number of carbonyl (C=O) groups excluding carboxylic acids is 1. The van der Waals surface area contributed by atoms with Gasteiger partial charge in [0, 0.05) is 5.69 Å². The molecule has 68 valence electrons. The first-order chi connectivity index (χ1) is 6.27. The molecule has 1 N–H and O–H groups in total. The fourth-order valence-corrected chi connectivity index (χ4v) is 1.58. The maximum Gasteiger partial charge on any atom is 0.241 e. The van der Waals surface area contributed by atoms with Gasteiger partial charge in [-0.1, -0.05) is 18.2 Å². The number of amides is 1. The molecule has 3 nitrogen and oxygen atoms in total. The van der Waals surface area contributed by atoms with Crippen LogP contribution >= 0.6 is 0 Å². The molecule has 1 amide bonds. The monoisotopic (exact) mass is 176 g/mol. The van der Waals surface area contributed by atoms with Crippen molar-refractivity contribution in [3.8, 4) is 0 Å². The Morgan fingerprint density at radius 3 is 2.62 bits per heavy atom. The number of rotatable bonds is 1. The lowest BCUT2D eigenvalue weighted by atomic mass is 10.3. The van der Waals surface area contributed by atoms with E-state index in [0.717, 1.165) is 5.69 Å². The Balaban J connectivity index is 2.23. The summed E-state index contributed by atoms with van der Waals surface area (Å²) in [6.45, 7) is 2.45. The molecular formula is C10H12N2O. The van der Waals surface area contributed by atoms with Crippen LogP contribution < -0.4 is 10.2 Å². The van der Waals surface area contributed by atoms with Crippen molar-refractivity contribution in [2.45, 2.75) is 13.1 Å². The lowest BCUT2D eigenvalue weighted by molar-refractivity contribution is -0.118. The minimum atomic E-state index is 0.0938. The number of nitrogens with one attached hydrogen (secondary N) is 1. The fourth-order valence-electron chi connectivity index (χ4n) is 1.58. The van der Waals surface area contributed by atoms with Gasteiger partial charge in [0.25, 0.3) is 0 Å². The number of anilines is 1. The summed E-state index contributed by atoms with van der Waals surface area (Å²) in [7, 11) is 0. The molecule has 2 rings (SSSR count). The van der Waals surface area contributed by atoms with Gasteiger partial charge in [-0.15, -0.1) is 0 Å². The van der Waals surface area contributed by atoms with E-state index in [2.05, 4.69) is 5.32 Å². The number of nitrogens with zero attached hydrogens (tertiary/aromatic N) is 1. The molecule has 0 spiro atoms. The molecule has 3 heteroatoms. The number of para-hydroxylation sites is 1. The predicted octanol–water partition coefficient (Wildman–Crippen LogP) is 0.969. The van der Waals surface area contributed by atoms with Gasteiger partial charge in [-0.25, -0.2) is 0 Å². The predicted molar refractivity (Wildman–Crippen MR) is 51.4 cm³/mol. The van der Waals surface area contributed by atoms with Crippen molar-refractivity contribution < 1.29 is 4.79 Å². The molecule has 0 bridgehead atoms. The molecule has 13 heavy (non-hydrogen) atoms. The van der Waals surface area contributed by atoms with Crippen LogP contribution in [0.5, 0.6) is 0 Å². The van der Waals surface area contributed by atoms with Crippen molar-refractivity contribution in [3.63, 3.8) is 0 Å². The summed E-state index contributed by atoms with van der Waals surface area (Å²) >= 11 is 0. The van der Waals surface area contributed by atoms with Crippen LogP contribution in [0.25, 0.3) is 0 Å². The molecular weight excluding hydrogens is 164 g/mol. The van der Waals surface area contributed by atoms with Crippen LogP contribution in [0, 0.1) is 0 Å². The Hall–Kier alpha value is -1.51. The van der Waals surface area contributed by atoms with E-state index in [9.17, 15) is 4.79 Å². The highest BCUT2D eigenvalue weighted by atomic mass is 16.2. The zero-order valence-electron chi connectivity index (χ0n) is 7.53. The van der Waals surface area contributed by atoms with Crippen LogP contribution in [0.2, 0.25) is 0 Å². The molecule has 1 aromatic rings. The molecule has 1 aliphatic heterocycles. The van der Waals surface area contributed by atoms with Gasteiger partial charge in [-0.2, -0.15) is 0 Å². The van der Waals surface area contributed by atoms with Crippen LogP contribution in [-0.2, 0) is 4.79 Å². The summed E-state index contributed by atoms with van der Waals surface area (Å²) < 4.78 is 0. The van der Waals surface area contributed by atoms with E-state index >= 15 is 0 Å². The van der Waals surface area contributed by atoms with Gasteiger partial charge in [-0.05, 0) is 19.1 Å². The van der Waals surface area contributed by atoms with E-state index in [4.69, 9.17) is 0 Å². The minimum absolute atomic E-state index is 0.0938. The number of carbonyl (C=O) groups is 1. The molecule has 0 aliphatic carbocycles. The van der Waals surface area contributed by atoms with Crippen LogP contribution in [0.1, 0.15) is 6.92 Å². The van der Waals surface area contributed by atoms with Crippen LogP contribution in [-0.4, -0.2) is 18.6 Å². The van der Waals surface area contributed by atoms with E-state index < -0.39 is 0 Å². The highest BCUT2D eigenvalue weighted by Gasteiger charge is 2.25. The zero-order chi connectivity index (χ0) is 9.26. The van der Waals surface area contributed by atoms with E-state index in [0.29, 0.717) is 6.54 Å². The van der Waals surface area contributed by atoms with Crippen molar-refractivity contribution in [2.24, 2.45) is 0 Å². The van der Waals surface area contributed by atoms with Gasteiger partial charge < -0.3 is 10.2 Å². The van der Waals surface area contributed by atoms with Crippen LogP contribution in [0.3, 0.4) is 0 Å². The van der Waals surface area contributed by atoms with Crippen molar-refractivity contribution in [3.05, 3.63) is 30.3 Å². The summed E-state index contributed by atoms with van der Waals surface area (Å²) in [6.07, 6.45) is 0.106. The van der Waals surface area contributed by atoms with E-state index in [1.54, 1.807) is 0 Å².